The van der Waals surface area contributed by atoms with Gasteiger partial charge in [-0.25, -0.2) is 15.0 Å². The van der Waals surface area contributed by atoms with Crippen LogP contribution in [0, 0.1) is 5.41 Å². The Morgan fingerprint density at radius 3 is 2.40 bits per heavy atom. The van der Waals surface area contributed by atoms with Gasteiger partial charge in [0, 0.05) is 43.2 Å². The molecule has 10 heteroatoms. The van der Waals surface area contributed by atoms with E-state index >= 15 is 0 Å². The van der Waals surface area contributed by atoms with Crippen LogP contribution in [-0.2, 0) is 17.2 Å². The summed E-state index contributed by atoms with van der Waals surface area (Å²) in [4.78, 5) is 21.9. The number of aliphatic hydroxyl groups is 1. The molecule has 2 aliphatic heterocycles. The van der Waals surface area contributed by atoms with Gasteiger partial charge in [-0.3, -0.25) is 4.21 Å². The van der Waals surface area contributed by atoms with E-state index in [0.29, 0.717) is 22.2 Å². The van der Waals surface area contributed by atoms with Crippen molar-refractivity contribution in [3.05, 3.63) is 28.9 Å². The van der Waals surface area contributed by atoms with Crippen LogP contribution in [0.15, 0.2) is 17.3 Å². The van der Waals surface area contributed by atoms with Gasteiger partial charge in [0.2, 0.25) is 5.95 Å². The number of anilines is 2. The maximum absolute atomic E-state index is 13.4. The van der Waals surface area contributed by atoms with E-state index in [-0.39, 0.29) is 16.9 Å². The largest absolute Gasteiger partial charge is 0.394 e. The zero-order valence-electron chi connectivity index (χ0n) is 19.8. The average molecular weight is 515 g/mol. The van der Waals surface area contributed by atoms with E-state index in [0.717, 1.165) is 99.7 Å². The fourth-order valence-electron chi connectivity index (χ4n) is 6.53. The smallest absolute Gasteiger partial charge is 0.227 e. The topological polar surface area (TPSA) is 104 Å². The standard InChI is InChI=1S/C25H31ClN6O2S/c26-17-11-27-20(28-12-17)16-2-6-23(7-3-16)13-32(14-23)22-29-18-10-25(8-9-25)35(34)19(18)21(30-22)31-24(15-33)4-1-5-24/h11-12,16,33H,1-10,13-15H2,(H,29,30,31)/t35-/m1/s1. The van der Waals surface area contributed by atoms with Crippen LogP contribution >= 0.6 is 11.6 Å². The Kier molecular flexibility index (Phi) is 5.00. The fourth-order valence-corrected chi connectivity index (χ4v) is 8.41. The number of aromatic nitrogens is 4. The molecule has 2 spiro atoms. The third-order valence-electron chi connectivity index (χ3n) is 9.18. The Balaban J connectivity index is 1.09. The van der Waals surface area contributed by atoms with Gasteiger partial charge in [0.15, 0.2) is 0 Å². The molecule has 0 bridgehead atoms. The van der Waals surface area contributed by atoms with Gasteiger partial charge in [-0.2, -0.15) is 4.98 Å². The zero-order chi connectivity index (χ0) is 23.8. The Bertz CT molecular complexity index is 1180. The number of nitrogens with one attached hydrogen (secondary N) is 1. The van der Waals surface area contributed by atoms with Gasteiger partial charge in [-0.15, -0.1) is 0 Å². The molecule has 186 valence electrons. The number of rotatable bonds is 5. The van der Waals surface area contributed by atoms with Crippen molar-refractivity contribution in [1.29, 1.82) is 0 Å². The number of nitrogens with zero attached hydrogens (tertiary/aromatic N) is 5. The van der Waals surface area contributed by atoms with Crippen LogP contribution in [0.3, 0.4) is 0 Å². The maximum atomic E-state index is 13.4. The Labute approximate surface area is 212 Å². The quantitative estimate of drug-likeness (QED) is 0.623. The molecule has 3 aliphatic carbocycles. The van der Waals surface area contributed by atoms with Crippen LogP contribution in [0.4, 0.5) is 11.8 Å². The number of aliphatic hydroxyl groups excluding tert-OH is 1. The van der Waals surface area contributed by atoms with Gasteiger partial charge in [0.1, 0.15) is 16.5 Å². The first-order valence-corrected chi connectivity index (χ1v) is 14.4. The van der Waals surface area contributed by atoms with Crippen LogP contribution in [-0.4, -0.2) is 59.2 Å². The number of hydrogen-bond donors (Lipinski definition) is 2. The summed E-state index contributed by atoms with van der Waals surface area (Å²) in [5, 5.41) is 14.2. The first kappa shape index (κ1) is 22.4. The van der Waals surface area contributed by atoms with Crippen LogP contribution in [0.2, 0.25) is 5.02 Å². The van der Waals surface area contributed by atoms with Crippen LogP contribution in [0.25, 0.3) is 0 Å². The number of hydrogen-bond acceptors (Lipinski definition) is 8. The lowest BCUT2D eigenvalue weighted by molar-refractivity contribution is 0.124. The number of halogens is 1. The fraction of sp³-hybridized carbons (Fsp3) is 0.680. The zero-order valence-corrected chi connectivity index (χ0v) is 21.4. The minimum atomic E-state index is -1.07. The lowest BCUT2D eigenvalue weighted by Crippen LogP contribution is -2.58. The molecule has 1 saturated heterocycles. The summed E-state index contributed by atoms with van der Waals surface area (Å²) in [5.74, 6) is 2.77. The highest BCUT2D eigenvalue weighted by molar-refractivity contribution is 7.87. The molecule has 2 N–H and O–H groups in total. The second-order valence-corrected chi connectivity index (χ2v) is 13.8. The third kappa shape index (κ3) is 3.60. The van der Waals surface area contributed by atoms with Crippen molar-refractivity contribution in [2.24, 2.45) is 5.41 Å². The molecule has 7 rings (SSSR count). The number of fused-ring (bicyclic) bond motifs is 1. The molecule has 5 aliphatic rings. The lowest BCUT2D eigenvalue weighted by Gasteiger charge is -2.53. The molecular formula is C25H31ClN6O2S. The summed E-state index contributed by atoms with van der Waals surface area (Å²) in [6, 6.07) is 0. The minimum absolute atomic E-state index is 0.0736. The van der Waals surface area contributed by atoms with Gasteiger partial charge in [0.05, 0.1) is 38.4 Å². The summed E-state index contributed by atoms with van der Waals surface area (Å²) >= 11 is 5.95. The summed E-state index contributed by atoms with van der Waals surface area (Å²) in [6.07, 6.45) is 13.6. The van der Waals surface area contributed by atoms with Crippen LogP contribution < -0.4 is 10.2 Å². The molecule has 0 unspecified atom stereocenters. The molecule has 8 nitrogen and oxygen atoms in total. The normalized spacial score (nSPS) is 27.4. The molecule has 2 aromatic heterocycles. The molecule has 0 radical (unpaired) electrons. The molecule has 1 atom stereocenters. The molecule has 2 aromatic rings. The minimum Gasteiger partial charge on any atom is -0.394 e. The predicted molar refractivity (Wildman–Crippen MR) is 134 cm³/mol. The van der Waals surface area contributed by atoms with Crippen molar-refractivity contribution in [2.75, 3.05) is 29.9 Å². The van der Waals surface area contributed by atoms with Crippen LogP contribution in [0.1, 0.15) is 75.2 Å². The predicted octanol–water partition coefficient (Wildman–Crippen LogP) is 3.61. The molecule has 0 amide bonds. The Hall–Kier alpha value is -1.84. The van der Waals surface area contributed by atoms with Crippen molar-refractivity contribution in [3.63, 3.8) is 0 Å². The summed E-state index contributed by atoms with van der Waals surface area (Å²) < 4.78 is 13.2. The molecule has 35 heavy (non-hydrogen) atoms. The maximum Gasteiger partial charge on any atom is 0.227 e. The van der Waals surface area contributed by atoms with Crippen molar-refractivity contribution in [3.8, 4) is 0 Å². The monoisotopic (exact) mass is 514 g/mol. The van der Waals surface area contributed by atoms with Gasteiger partial charge in [0.25, 0.3) is 0 Å². The van der Waals surface area contributed by atoms with E-state index in [2.05, 4.69) is 20.2 Å². The Morgan fingerprint density at radius 1 is 1.09 bits per heavy atom. The van der Waals surface area contributed by atoms with Gasteiger partial charge >= 0.3 is 0 Å². The summed E-state index contributed by atoms with van der Waals surface area (Å²) in [7, 11) is -1.07. The molecule has 0 aromatic carbocycles. The second kappa shape index (κ2) is 7.83. The van der Waals surface area contributed by atoms with Crippen molar-refractivity contribution < 1.29 is 9.32 Å². The van der Waals surface area contributed by atoms with Crippen molar-refractivity contribution in [2.45, 2.75) is 85.3 Å². The van der Waals surface area contributed by atoms with E-state index < -0.39 is 10.8 Å². The van der Waals surface area contributed by atoms with Crippen molar-refractivity contribution >= 4 is 34.2 Å². The molecule has 4 fully saturated rings. The summed E-state index contributed by atoms with van der Waals surface area (Å²) in [6.45, 7) is 1.99. The molecule has 3 saturated carbocycles. The van der Waals surface area contributed by atoms with E-state index in [9.17, 15) is 9.32 Å². The second-order valence-electron chi connectivity index (χ2n) is 11.6. The SMILES string of the molecule is O=[S@@]1c2c(nc(N3CC4(CCC(c5ncc(Cl)cn5)CC4)C3)nc2NC2(CO)CCC2)CC12CC2. The van der Waals surface area contributed by atoms with E-state index in [4.69, 9.17) is 21.6 Å². The average Bonchev–Trinajstić information content (AvgIpc) is 3.54. The van der Waals surface area contributed by atoms with E-state index in [1.807, 2.05) is 0 Å². The third-order valence-corrected chi connectivity index (χ3v) is 11.5. The van der Waals surface area contributed by atoms with E-state index in [1.54, 1.807) is 12.4 Å². The highest BCUT2D eigenvalue weighted by atomic mass is 35.5. The molecular weight excluding hydrogens is 484 g/mol. The first-order chi connectivity index (χ1) is 16.9. The van der Waals surface area contributed by atoms with Gasteiger partial charge < -0.3 is 15.3 Å². The highest BCUT2D eigenvalue weighted by Gasteiger charge is 2.56. The molecule has 4 heterocycles. The van der Waals surface area contributed by atoms with E-state index in [1.165, 1.54) is 0 Å². The first-order valence-electron chi connectivity index (χ1n) is 12.9. The summed E-state index contributed by atoms with van der Waals surface area (Å²) in [5.41, 5.74) is 0.922. The van der Waals surface area contributed by atoms with Gasteiger partial charge in [-0.1, -0.05) is 11.6 Å². The van der Waals surface area contributed by atoms with Crippen molar-refractivity contribution in [1.82, 2.24) is 19.9 Å². The van der Waals surface area contributed by atoms with Crippen LogP contribution in [0.5, 0.6) is 0 Å². The Morgan fingerprint density at radius 2 is 1.80 bits per heavy atom. The van der Waals surface area contributed by atoms with Gasteiger partial charge in [-0.05, 0) is 57.8 Å². The lowest BCUT2D eigenvalue weighted by atomic mass is 9.66. The highest BCUT2D eigenvalue weighted by Crippen LogP contribution is 2.55.